The Kier molecular flexibility index (Phi) is 7.32. The standard InChI is InChI=1S/C17H25NO5/c1-2-21-16-11-14(19)10-15(23-16)8-9-18-17(20)22-12-13-6-4-3-5-7-13/h3-7,14-16,19H,2,8-12H2,1H3,(H,18,20)/t14-,15-,16?/m1/s1. The van der Waals surface area contributed by atoms with Gasteiger partial charge in [-0.15, -0.1) is 0 Å². The summed E-state index contributed by atoms with van der Waals surface area (Å²) in [5.41, 5.74) is 0.945. The Morgan fingerprint density at radius 3 is 2.87 bits per heavy atom. The van der Waals surface area contributed by atoms with E-state index in [1.54, 1.807) is 0 Å². The van der Waals surface area contributed by atoms with Crippen LogP contribution in [0, 0.1) is 0 Å². The molecule has 1 aromatic carbocycles. The second-order valence-corrected chi connectivity index (χ2v) is 5.55. The maximum absolute atomic E-state index is 11.6. The van der Waals surface area contributed by atoms with Crippen LogP contribution in [0.15, 0.2) is 30.3 Å². The Morgan fingerprint density at radius 2 is 2.13 bits per heavy atom. The number of aliphatic hydroxyl groups excluding tert-OH is 1. The number of alkyl carbamates (subject to hydrolysis) is 1. The molecular formula is C17H25NO5. The molecule has 1 aromatic rings. The molecule has 6 heteroatoms. The van der Waals surface area contributed by atoms with Crippen LogP contribution in [0.2, 0.25) is 0 Å². The van der Waals surface area contributed by atoms with Gasteiger partial charge in [-0.3, -0.25) is 0 Å². The molecule has 23 heavy (non-hydrogen) atoms. The van der Waals surface area contributed by atoms with E-state index in [1.807, 2.05) is 37.3 Å². The molecule has 1 amide bonds. The zero-order valence-corrected chi connectivity index (χ0v) is 13.4. The summed E-state index contributed by atoms with van der Waals surface area (Å²) in [4.78, 5) is 11.6. The average molecular weight is 323 g/mol. The third kappa shape index (κ3) is 6.56. The van der Waals surface area contributed by atoms with Gasteiger partial charge in [-0.1, -0.05) is 30.3 Å². The molecule has 1 unspecified atom stereocenters. The van der Waals surface area contributed by atoms with Crippen LogP contribution in [0.25, 0.3) is 0 Å². The smallest absolute Gasteiger partial charge is 0.407 e. The molecule has 0 saturated carbocycles. The lowest BCUT2D eigenvalue weighted by atomic mass is 10.0. The van der Waals surface area contributed by atoms with Gasteiger partial charge in [-0.2, -0.15) is 0 Å². The van der Waals surface area contributed by atoms with Gasteiger partial charge in [-0.05, 0) is 25.3 Å². The summed E-state index contributed by atoms with van der Waals surface area (Å²) >= 11 is 0. The van der Waals surface area contributed by atoms with E-state index in [0.29, 0.717) is 32.4 Å². The maximum Gasteiger partial charge on any atom is 0.407 e. The minimum absolute atomic E-state index is 0.121. The zero-order valence-electron chi connectivity index (χ0n) is 13.4. The molecule has 0 aliphatic carbocycles. The van der Waals surface area contributed by atoms with Gasteiger partial charge < -0.3 is 24.6 Å². The molecule has 2 rings (SSSR count). The van der Waals surface area contributed by atoms with Crippen molar-refractivity contribution >= 4 is 6.09 Å². The summed E-state index contributed by atoms with van der Waals surface area (Å²) in [6, 6.07) is 9.52. The maximum atomic E-state index is 11.6. The quantitative estimate of drug-likeness (QED) is 0.804. The molecule has 128 valence electrons. The van der Waals surface area contributed by atoms with Crippen LogP contribution in [0.1, 0.15) is 31.7 Å². The van der Waals surface area contributed by atoms with E-state index in [-0.39, 0.29) is 19.0 Å². The molecule has 0 aromatic heterocycles. The lowest BCUT2D eigenvalue weighted by Crippen LogP contribution is -2.39. The van der Waals surface area contributed by atoms with E-state index in [2.05, 4.69) is 5.32 Å². The van der Waals surface area contributed by atoms with E-state index in [0.717, 1.165) is 5.56 Å². The number of nitrogens with one attached hydrogen (secondary N) is 1. The zero-order chi connectivity index (χ0) is 16.5. The highest BCUT2D eigenvalue weighted by molar-refractivity contribution is 5.67. The van der Waals surface area contributed by atoms with Gasteiger partial charge in [0.15, 0.2) is 6.29 Å². The van der Waals surface area contributed by atoms with E-state index in [4.69, 9.17) is 14.2 Å². The number of benzene rings is 1. The number of amides is 1. The van der Waals surface area contributed by atoms with Crippen LogP contribution in [-0.4, -0.2) is 42.8 Å². The number of carbonyl (C=O) groups is 1. The van der Waals surface area contributed by atoms with E-state index < -0.39 is 12.2 Å². The van der Waals surface area contributed by atoms with Crippen LogP contribution in [0.5, 0.6) is 0 Å². The van der Waals surface area contributed by atoms with Crippen molar-refractivity contribution in [3.63, 3.8) is 0 Å². The Morgan fingerprint density at radius 1 is 1.35 bits per heavy atom. The van der Waals surface area contributed by atoms with E-state index in [1.165, 1.54) is 0 Å². The number of carbonyl (C=O) groups excluding carboxylic acids is 1. The molecular weight excluding hydrogens is 298 g/mol. The first-order chi connectivity index (χ1) is 11.2. The third-order valence-corrected chi connectivity index (χ3v) is 3.64. The monoisotopic (exact) mass is 323 g/mol. The first-order valence-corrected chi connectivity index (χ1v) is 8.07. The predicted octanol–water partition coefficient (Wildman–Crippen LogP) is 2.21. The normalized spacial score (nSPS) is 24.2. The summed E-state index contributed by atoms with van der Waals surface area (Å²) in [6.07, 6.45) is 0.313. The largest absolute Gasteiger partial charge is 0.445 e. The van der Waals surface area contributed by atoms with Crippen LogP contribution >= 0.6 is 0 Å². The van der Waals surface area contributed by atoms with Gasteiger partial charge in [0.05, 0.1) is 12.2 Å². The summed E-state index contributed by atoms with van der Waals surface area (Å²) in [5.74, 6) is 0. The molecule has 1 aliphatic rings. The van der Waals surface area contributed by atoms with Crippen LogP contribution < -0.4 is 5.32 Å². The van der Waals surface area contributed by atoms with Crippen LogP contribution in [0.3, 0.4) is 0 Å². The summed E-state index contributed by atoms with van der Waals surface area (Å²) in [5, 5.41) is 12.5. The van der Waals surface area contributed by atoms with Gasteiger partial charge >= 0.3 is 6.09 Å². The van der Waals surface area contributed by atoms with Crippen molar-refractivity contribution < 1.29 is 24.1 Å². The SMILES string of the molecule is CCOC1C[C@H](O)C[C@@H](CCNC(=O)OCc2ccccc2)O1. The highest BCUT2D eigenvalue weighted by atomic mass is 16.7. The van der Waals surface area contributed by atoms with Gasteiger partial charge in [0, 0.05) is 19.6 Å². The number of hydrogen-bond donors (Lipinski definition) is 2. The van der Waals surface area contributed by atoms with Gasteiger partial charge in [0.25, 0.3) is 0 Å². The molecule has 0 spiro atoms. The van der Waals surface area contributed by atoms with Crippen molar-refractivity contribution in [3.8, 4) is 0 Å². The molecule has 1 aliphatic heterocycles. The highest BCUT2D eigenvalue weighted by Gasteiger charge is 2.28. The van der Waals surface area contributed by atoms with E-state index >= 15 is 0 Å². The lowest BCUT2D eigenvalue weighted by Gasteiger charge is -2.32. The molecule has 0 radical (unpaired) electrons. The number of aliphatic hydroxyl groups is 1. The molecule has 1 fully saturated rings. The molecule has 0 bridgehead atoms. The summed E-state index contributed by atoms with van der Waals surface area (Å²) in [7, 11) is 0. The highest BCUT2D eigenvalue weighted by Crippen LogP contribution is 2.22. The van der Waals surface area contributed by atoms with Crippen LogP contribution in [-0.2, 0) is 20.8 Å². The minimum atomic E-state index is -0.452. The first-order valence-electron chi connectivity index (χ1n) is 8.07. The van der Waals surface area contributed by atoms with Crippen molar-refractivity contribution in [1.82, 2.24) is 5.32 Å². The fourth-order valence-corrected chi connectivity index (χ4v) is 2.54. The minimum Gasteiger partial charge on any atom is -0.445 e. The third-order valence-electron chi connectivity index (χ3n) is 3.64. The molecule has 2 N–H and O–H groups in total. The summed E-state index contributed by atoms with van der Waals surface area (Å²) < 4.78 is 16.3. The van der Waals surface area contributed by atoms with Crippen LogP contribution in [0.4, 0.5) is 4.79 Å². The van der Waals surface area contributed by atoms with Crippen molar-refractivity contribution in [2.45, 2.75) is 51.3 Å². The van der Waals surface area contributed by atoms with Crippen molar-refractivity contribution in [2.75, 3.05) is 13.2 Å². The van der Waals surface area contributed by atoms with Gasteiger partial charge in [0.1, 0.15) is 6.61 Å². The molecule has 3 atom stereocenters. The second-order valence-electron chi connectivity index (χ2n) is 5.55. The predicted molar refractivity (Wildman–Crippen MR) is 84.8 cm³/mol. The first kappa shape index (κ1) is 17.7. The summed E-state index contributed by atoms with van der Waals surface area (Å²) in [6.45, 7) is 3.12. The number of rotatable bonds is 7. The van der Waals surface area contributed by atoms with Gasteiger partial charge in [-0.25, -0.2) is 4.79 Å². The lowest BCUT2D eigenvalue weighted by molar-refractivity contribution is -0.213. The fourth-order valence-electron chi connectivity index (χ4n) is 2.54. The Hall–Kier alpha value is -1.63. The number of ether oxygens (including phenoxy) is 3. The molecule has 6 nitrogen and oxygen atoms in total. The van der Waals surface area contributed by atoms with E-state index in [9.17, 15) is 9.90 Å². The molecule has 1 heterocycles. The molecule has 1 saturated heterocycles. The fraction of sp³-hybridized carbons (Fsp3) is 0.588. The second kappa shape index (κ2) is 9.50. The van der Waals surface area contributed by atoms with Crippen molar-refractivity contribution in [1.29, 1.82) is 0 Å². The number of hydrogen-bond acceptors (Lipinski definition) is 5. The van der Waals surface area contributed by atoms with Crippen molar-refractivity contribution in [3.05, 3.63) is 35.9 Å². The topological polar surface area (TPSA) is 77.0 Å². The Labute approximate surface area is 136 Å². The van der Waals surface area contributed by atoms with Gasteiger partial charge in [0.2, 0.25) is 0 Å². The Bertz CT molecular complexity index is 467. The Balaban J connectivity index is 1.63. The average Bonchev–Trinajstić information content (AvgIpc) is 2.54. The van der Waals surface area contributed by atoms with Crippen molar-refractivity contribution in [2.24, 2.45) is 0 Å².